The van der Waals surface area contributed by atoms with Crippen LogP contribution in [0.5, 0.6) is 0 Å². The number of carbonyl (C=O) groups excluding carboxylic acids is 2. The molecule has 1 aliphatic rings. The second-order valence-corrected chi connectivity index (χ2v) is 11.2. The van der Waals surface area contributed by atoms with Crippen LogP contribution in [0.25, 0.3) is 0 Å². The molecule has 4 heteroatoms. The second-order valence-electron chi connectivity index (χ2n) is 11.2. The lowest BCUT2D eigenvalue weighted by atomic mass is 10.1. The molecule has 0 radical (unpaired) electrons. The molecule has 3 aromatic carbocycles. The Morgan fingerprint density at radius 1 is 0.725 bits per heavy atom. The fourth-order valence-corrected chi connectivity index (χ4v) is 3.85. The minimum Gasteiger partial charge on any atom is -0.353 e. The van der Waals surface area contributed by atoms with Gasteiger partial charge in [-0.3, -0.25) is 9.59 Å². The molecule has 40 heavy (non-hydrogen) atoms. The number of nitrogens with one attached hydrogen (secondary N) is 2. The van der Waals surface area contributed by atoms with Gasteiger partial charge in [-0.2, -0.15) is 0 Å². The van der Waals surface area contributed by atoms with E-state index in [9.17, 15) is 9.59 Å². The van der Waals surface area contributed by atoms with E-state index < -0.39 is 0 Å². The number of amides is 2. The normalized spacial score (nSPS) is 15.6. The van der Waals surface area contributed by atoms with Crippen LogP contribution in [-0.2, 0) is 22.6 Å². The molecule has 0 heterocycles. The third-order valence-corrected chi connectivity index (χ3v) is 6.42. The molecule has 3 aromatic rings. The van der Waals surface area contributed by atoms with Gasteiger partial charge in [-0.25, -0.2) is 0 Å². The Bertz CT molecular complexity index is 1140. The van der Waals surface area contributed by atoms with Crippen LogP contribution >= 0.6 is 0 Å². The summed E-state index contributed by atoms with van der Waals surface area (Å²) in [5, 5.41) is 5.92. The topological polar surface area (TPSA) is 58.2 Å². The molecule has 4 rings (SSSR count). The van der Waals surface area contributed by atoms with Gasteiger partial charge in [-0.1, -0.05) is 145 Å². The Morgan fingerprint density at radius 2 is 1.23 bits per heavy atom. The van der Waals surface area contributed by atoms with Gasteiger partial charge >= 0.3 is 0 Å². The molecule has 214 valence electrons. The minimum absolute atomic E-state index is 0.0590. The van der Waals surface area contributed by atoms with Crippen LogP contribution in [0.3, 0.4) is 0 Å². The lowest BCUT2D eigenvalue weighted by molar-refractivity contribution is -0.124. The number of hydrogen-bond acceptors (Lipinski definition) is 2. The molecule has 2 atom stereocenters. The quantitative estimate of drug-likeness (QED) is 0.273. The largest absolute Gasteiger partial charge is 0.353 e. The molecule has 2 N–H and O–H groups in total. The molecule has 0 unspecified atom stereocenters. The Hall–Kier alpha value is -3.66. The number of hydrogen-bond donors (Lipinski definition) is 2. The maximum absolute atomic E-state index is 11.5. The van der Waals surface area contributed by atoms with E-state index in [-0.39, 0.29) is 23.7 Å². The second kappa shape index (κ2) is 17.8. The first kappa shape index (κ1) is 32.6. The number of rotatable bonds is 9. The summed E-state index contributed by atoms with van der Waals surface area (Å²) in [6.45, 7) is 12.6. The van der Waals surface area contributed by atoms with Crippen LogP contribution in [0.1, 0.15) is 70.6 Å². The molecule has 0 bridgehead atoms. The summed E-state index contributed by atoms with van der Waals surface area (Å²) >= 11 is 0. The molecule has 0 aromatic heterocycles. The summed E-state index contributed by atoms with van der Waals surface area (Å²) in [6.07, 6.45) is 6.62. The van der Waals surface area contributed by atoms with Crippen LogP contribution in [0.4, 0.5) is 0 Å². The number of benzene rings is 3. The van der Waals surface area contributed by atoms with Crippen molar-refractivity contribution in [3.63, 3.8) is 0 Å². The van der Waals surface area contributed by atoms with E-state index >= 15 is 0 Å². The Morgan fingerprint density at radius 3 is 1.73 bits per heavy atom. The van der Waals surface area contributed by atoms with Crippen molar-refractivity contribution in [1.29, 1.82) is 0 Å². The first-order valence-corrected chi connectivity index (χ1v) is 14.5. The third-order valence-electron chi connectivity index (χ3n) is 6.42. The van der Waals surface area contributed by atoms with Crippen molar-refractivity contribution in [2.45, 2.75) is 72.9 Å². The van der Waals surface area contributed by atoms with Gasteiger partial charge in [-0.05, 0) is 35.4 Å². The van der Waals surface area contributed by atoms with E-state index in [1.54, 1.807) is 0 Å². The van der Waals surface area contributed by atoms with Gasteiger partial charge in [0.25, 0.3) is 0 Å². The molecule has 4 nitrogen and oxygen atoms in total. The SMILES string of the molecule is CC(C)/C=C/Cc1ccccc1.CC(C)C(=O)NCc1ccccc1.CC(C)C(=O)N[C@@H]1C[C@H]1c1ccccc1. The van der Waals surface area contributed by atoms with Crippen LogP contribution in [0.2, 0.25) is 0 Å². The molecule has 1 fully saturated rings. The van der Waals surface area contributed by atoms with Crippen molar-refractivity contribution >= 4 is 11.8 Å². The zero-order chi connectivity index (χ0) is 29.3. The van der Waals surface area contributed by atoms with Crippen molar-refractivity contribution in [3.05, 3.63) is 120 Å². The molecule has 0 spiro atoms. The minimum atomic E-state index is 0.0590. The van der Waals surface area contributed by atoms with Gasteiger partial charge in [-0.15, -0.1) is 0 Å². The van der Waals surface area contributed by atoms with E-state index in [0.29, 0.717) is 24.4 Å². The fourth-order valence-electron chi connectivity index (χ4n) is 3.85. The third kappa shape index (κ3) is 13.4. The highest BCUT2D eigenvalue weighted by Crippen LogP contribution is 2.40. The fraction of sp³-hybridized carbons (Fsp3) is 0.389. The summed E-state index contributed by atoms with van der Waals surface area (Å²) in [5.41, 5.74) is 3.86. The summed E-state index contributed by atoms with van der Waals surface area (Å²) in [6, 6.07) is 31.2. The van der Waals surface area contributed by atoms with Crippen molar-refractivity contribution < 1.29 is 9.59 Å². The molecule has 1 aliphatic carbocycles. The summed E-state index contributed by atoms with van der Waals surface area (Å²) in [5.74, 6) is 1.61. The summed E-state index contributed by atoms with van der Waals surface area (Å²) < 4.78 is 0. The van der Waals surface area contributed by atoms with Crippen LogP contribution in [0, 0.1) is 17.8 Å². The van der Waals surface area contributed by atoms with Crippen LogP contribution in [0.15, 0.2) is 103 Å². The Balaban J connectivity index is 0.000000212. The van der Waals surface area contributed by atoms with Gasteiger partial charge in [0.15, 0.2) is 0 Å². The van der Waals surface area contributed by atoms with E-state index in [2.05, 4.69) is 91.2 Å². The monoisotopic (exact) mass is 540 g/mol. The Labute approximate surface area is 242 Å². The maximum Gasteiger partial charge on any atom is 0.222 e. The number of allylic oxidation sites excluding steroid dienone is 2. The van der Waals surface area contributed by atoms with Gasteiger partial charge in [0.2, 0.25) is 11.8 Å². The van der Waals surface area contributed by atoms with Gasteiger partial charge < -0.3 is 10.6 Å². The highest BCUT2D eigenvalue weighted by atomic mass is 16.2. The van der Waals surface area contributed by atoms with Crippen molar-refractivity contribution in [1.82, 2.24) is 10.6 Å². The van der Waals surface area contributed by atoms with E-state index in [0.717, 1.165) is 18.4 Å². The zero-order valence-corrected chi connectivity index (χ0v) is 25.1. The van der Waals surface area contributed by atoms with E-state index in [1.165, 1.54) is 11.1 Å². The average molecular weight is 541 g/mol. The molecular formula is C36H48N2O2. The van der Waals surface area contributed by atoms with Crippen LogP contribution in [-0.4, -0.2) is 17.9 Å². The average Bonchev–Trinajstić information content (AvgIpc) is 3.73. The molecule has 2 amide bonds. The van der Waals surface area contributed by atoms with E-state index in [1.807, 2.05) is 64.1 Å². The first-order chi connectivity index (χ1) is 19.2. The summed E-state index contributed by atoms with van der Waals surface area (Å²) in [4.78, 5) is 22.7. The predicted molar refractivity (Wildman–Crippen MR) is 168 cm³/mol. The highest BCUT2D eigenvalue weighted by Gasteiger charge is 2.39. The molecule has 0 aliphatic heterocycles. The van der Waals surface area contributed by atoms with Crippen molar-refractivity contribution in [2.24, 2.45) is 17.8 Å². The maximum atomic E-state index is 11.5. The standard InChI is InChI=1S/C13H17NO.C12H16.C11H15NO/c1-9(2)13(15)14-12-8-11(12)10-6-4-3-5-7-10;1-11(2)7-6-10-12-8-4-3-5-9-12;1-9(2)11(13)12-8-10-6-4-3-5-7-10/h3-7,9,11-12H,8H2,1-2H3,(H,14,15);3-9,11H,10H2,1-2H3;3-7,9H,8H2,1-2H3,(H,12,13)/b;7-6+;/t11-,12+;;/m0../s1. The zero-order valence-electron chi connectivity index (χ0n) is 25.1. The van der Waals surface area contributed by atoms with Crippen molar-refractivity contribution in [2.75, 3.05) is 0 Å². The first-order valence-electron chi connectivity index (χ1n) is 14.5. The van der Waals surface area contributed by atoms with Gasteiger partial charge in [0.05, 0.1) is 0 Å². The van der Waals surface area contributed by atoms with Gasteiger partial charge in [0, 0.05) is 30.3 Å². The van der Waals surface area contributed by atoms with Crippen molar-refractivity contribution in [3.8, 4) is 0 Å². The van der Waals surface area contributed by atoms with Crippen LogP contribution < -0.4 is 10.6 Å². The van der Waals surface area contributed by atoms with E-state index in [4.69, 9.17) is 0 Å². The Kier molecular flexibility index (Phi) is 14.5. The predicted octanol–water partition coefficient (Wildman–Crippen LogP) is 7.71. The molecule has 0 saturated heterocycles. The van der Waals surface area contributed by atoms with Gasteiger partial charge in [0.1, 0.15) is 0 Å². The lowest BCUT2D eigenvalue weighted by Gasteiger charge is -2.06. The number of carbonyl (C=O) groups is 2. The summed E-state index contributed by atoms with van der Waals surface area (Å²) in [7, 11) is 0. The molecular weight excluding hydrogens is 492 g/mol. The highest BCUT2D eigenvalue weighted by molar-refractivity contribution is 5.78. The molecule has 1 saturated carbocycles. The lowest BCUT2D eigenvalue weighted by Crippen LogP contribution is -2.30. The smallest absolute Gasteiger partial charge is 0.222 e.